The Balaban J connectivity index is 1.56. The Bertz CT molecular complexity index is 846. The van der Waals surface area contributed by atoms with Crippen LogP contribution >= 0.6 is 11.3 Å². The molecule has 1 aromatic carbocycles. The number of nitrogens with zero attached hydrogens (tertiary/aromatic N) is 3. The predicted octanol–water partition coefficient (Wildman–Crippen LogP) is 3.19. The lowest BCUT2D eigenvalue weighted by Crippen LogP contribution is -2.41. The smallest absolute Gasteiger partial charge is 0.147 e. The van der Waals surface area contributed by atoms with Crippen LogP contribution in [0.1, 0.15) is 11.6 Å². The van der Waals surface area contributed by atoms with Gasteiger partial charge in [0, 0.05) is 19.6 Å². The Morgan fingerprint density at radius 2 is 2.00 bits per heavy atom. The second-order valence-electron chi connectivity index (χ2n) is 6.18. The van der Waals surface area contributed by atoms with E-state index in [0.717, 1.165) is 54.6 Å². The van der Waals surface area contributed by atoms with Gasteiger partial charge in [0.2, 0.25) is 0 Å². The minimum atomic E-state index is 0.245. The van der Waals surface area contributed by atoms with Crippen molar-refractivity contribution in [1.82, 2.24) is 14.9 Å². The first-order valence-corrected chi connectivity index (χ1v) is 9.61. The molecule has 1 atom stereocenters. The number of anilines is 1. The van der Waals surface area contributed by atoms with E-state index in [1.54, 1.807) is 24.8 Å². The number of thiophene rings is 1. The van der Waals surface area contributed by atoms with E-state index in [1.165, 1.54) is 5.56 Å². The first-order valence-electron chi connectivity index (χ1n) is 8.73. The van der Waals surface area contributed by atoms with Crippen molar-refractivity contribution in [1.29, 1.82) is 0 Å². The molecule has 0 radical (unpaired) electrons. The van der Waals surface area contributed by atoms with Gasteiger partial charge in [0.25, 0.3) is 0 Å². The fourth-order valence-corrected chi connectivity index (χ4v) is 4.09. The molecule has 0 amide bonds. The summed E-state index contributed by atoms with van der Waals surface area (Å²) in [7, 11) is 1.69. The number of ether oxygens (including phenoxy) is 2. The molecular formula is C19H22N4O2S. The quantitative estimate of drug-likeness (QED) is 0.719. The van der Waals surface area contributed by atoms with Crippen LogP contribution in [-0.4, -0.2) is 54.8 Å². The summed E-state index contributed by atoms with van der Waals surface area (Å²) in [4.78, 5) is 11.2. The van der Waals surface area contributed by atoms with Crippen molar-refractivity contribution in [3.63, 3.8) is 0 Å². The van der Waals surface area contributed by atoms with Crippen molar-refractivity contribution < 1.29 is 9.47 Å². The number of fused-ring (bicyclic) bond motifs is 1. The first kappa shape index (κ1) is 17.2. The normalized spacial score (nSPS) is 16.5. The van der Waals surface area contributed by atoms with Gasteiger partial charge in [-0.05, 0) is 29.1 Å². The Labute approximate surface area is 156 Å². The third kappa shape index (κ3) is 3.65. The highest BCUT2D eigenvalue weighted by atomic mass is 32.1. The highest BCUT2D eigenvalue weighted by molar-refractivity contribution is 7.17. The topological polar surface area (TPSA) is 59.5 Å². The summed E-state index contributed by atoms with van der Waals surface area (Å²) >= 11 is 1.66. The molecule has 1 aliphatic rings. The molecule has 2 aromatic heterocycles. The second-order valence-corrected chi connectivity index (χ2v) is 7.09. The molecule has 6 nitrogen and oxygen atoms in total. The van der Waals surface area contributed by atoms with Crippen LogP contribution in [0, 0.1) is 0 Å². The average Bonchev–Trinajstić information content (AvgIpc) is 3.19. The van der Waals surface area contributed by atoms with Crippen molar-refractivity contribution >= 4 is 27.4 Å². The number of aromatic nitrogens is 2. The van der Waals surface area contributed by atoms with Crippen molar-refractivity contribution in [2.45, 2.75) is 6.04 Å². The van der Waals surface area contributed by atoms with E-state index in [1.807, 2.05) is 23.6 Å². The van der Waals surface area contributed by atoms with Crippen LogP contribution in [0.4, 0.5) is 5.82 Å². The molecule has 136 valence electrons. The summed E-state index contributed by atoms with van der Waals surface area (Å²) in [6, 6.07) is 10.6. The van der Waals surface area contributed by atoms with E-state index in [2.05, 4.69) is 32.3 Å². The summed E-state index contributed by atoms with van der Waals surface area (Å²) in [6.07, 6.45) is 1.62. The molecule has 0 spiro atoms. The van der Waals surface area contributed by atoms with Crippen molar-refractivity contribution in [3.05, 3.63) is 47.6 Å². The lowest BCUT2D eigenvalue weighted by molar-refractivity contribution is 0.0187. The highest BCUT2D eigenvalue weighted by Gasteiger charge is 2.23. The van der Waals surface area contributed by atoms with Gasteiger partial charge in [-0.15, -0.1) is 11.3 Å². The molecule has 1 saturated heterocycles. The highest BCUT2D eigenvalue weighted by Crippen LogP contribution is 2.28. The minimum absolute atomic E-state index is 0.245. The van der Waals surface area contributed by atoms with Crippen LogP contribution in [0.2, 0.25) is 0 Å². The van der Waals surface area contributed by atoms with Crippen LogP contribution in [0.25, 0.3) is 10.2 Å². The van der Waals surface area contributed by atoms with Gasteiger partial charge < -0.3 is 14.8 Å². The number of hydrogen-bond acceptors (Lipinski definition) is 7. The van der Waals surface area contributed by atoms with Gasteiger partial charge >= 0.3 is 0 Å². The van der Waals surface area contributed by atoms with Gasteiger partial charge in [0.05, 0.1) is 36.6 Å². The zero-order chi connectivity index (χ0) is 17.8. The molecular weight excluding hydrogens is 348 g/mol. The van der Waals surface area contributed by atoms with Gasteiger partial charge in [-0.2, -0.15) is 0 Å². The molecule has 0 bridgehead atoms. The number of benzene rings is 1. The van der Waals surface area contributed by atoms with E-state index in [4.69, 9.17) is 9.47 Å². The molecule has 1 aliphatic heterocycles. The largest absolute Gasteiger partial charge is 0.497 e. The van der Waals surface area contributed by atoms with Crippen LogP contribution in [-0.2, 0) is 4.74 Å². The standard InChI is InChI=1S/C19H22N4O2S/c1-24-15-4-2-14(3-5-15)17(23-7-9-25-10-8-23)12-20-19-18-16(6-11-26-18)21-13-22-19/h2-6,11,13,17H,7-10,12H2,1H3,(H,20,21,22)/t17-/m0/s1. The summed E-state index contributed by atoms with van der Waals surface area (Å²) in [5.74, 6) is 1.77. The molecule has 1 N–H and O–H groups in total. The van der Waals surface area contributed by atoms with Crippen LogP contribution in [0.3, 0.4) is 0 Å². The summed E-state index contributed by atoms with van der Waals surface area (Å²) in [6.45, 7) is 4.17. The van der Waals surface area contributed by atoms with Crippen LogP contribution < -0.4 is 10.1 Å². The van der Waals surface area contributed by atoms with Gasteiger partial charge in [-0.3, -0.25) is 4.90 Å². The monoisotopic (exact) mass is 370 g/mol. The number of morpholine rings is 1. The van der Waals surface area contributed by atoms with Crippen molar-refractivity contribution in [2.75, 3.05) is 45.3 Å². The van der Waals surface area contributed by atoms with Crippen LogP contribution in [0.15, 0.2) is 42.0 Å². The molecule has 4 rings (SSSR count). The van der Waals surface area contributed by atoms with Gasteiger partial charge in [0.1, 0.15) is 17.9 Å². The molecule has 3 aromatic rings. The second kappa shape index (κ2) is 7.99. The summed E-state index contributed by atoms with van der Waals surface area (Å²) in [5, 5.41) is 5.59. The van der Waals surface area contributed by atoms with Gasteiger partial charge in [-0.25, -0.2) is 9.97 Å². The maximum absolute atomic E-state index is 5.53. The SMILES string of the molecule is COc1ccc([C@H](CNc2ncnc3ccsc23)N2CCOCC2)cc1. The fourth-order valence-electron chi connectivity index (χ4n) is 3.28. The third-order valence-corrected chi connectivity index (χ3v) is 5.60. The Kier molecular flexibility index (Phi) is 5.29. The Hall–Kier alpha value is -2.22. The molecule has 1 fully saturated rings. The number of hydrogen-bond donors (Lipinski definition) is 1. The fraction of sp³-hybridized carbons (Fsp3) is 0.368. The molecule has 0 saturated carbocycles. The summed E-state index contributed by atoms with van der Waals surface area (Å²) < 4.78 is 11.9. The summed E-state index contributed by atoms with van der Waals surface area (Å²) in [5.41, 5.74) is 2.25. The molecule has 0 aliphatic carbocycles. The molecule has 3 heterocycles. The van der Waals surface area contributed by atoms with E-state index in [0.29, 0.717) is 0 Å². The minimum Gasteiger partial charge on any atom is -0.497 e. The maximum Gasteiger partial charge on any atom is 0.147 e. The Morgan fingerprint density at radius 1 is 1.19 bits per heavy atom. The average molecular weight is 370 g/mol. The van der Waals surface area contributed by atoms with E-state index in [9.17, 15) is 0 Å². The predicted molar refractivity (Wildman–Crippen MR) is 104 cm³/mol. The van der Waals surface area contributed by atoms with Crippen molar-refractivity contribution in [3.8, 4) is 5.75 Å². The zero-order valence-corrected chi connectivity index (χ0v) is 15.5. The van der Waals surface area contributed by atoms with E-state index in [-0.39, 0.29) is 6.04 Å². The molecule has 7 heteroatoms. The number of rotatable bonds is 6. The lowest BCUT2D eigenvalue weighted by Gasteiger charge is -2.35. The molecule has 26 heavy (non-hydrogen) atoms. The van der Waals surface area contributed by atoms with Gasteiger partial charge in [-0.1, -0.05) is 12.1 Å². The van der Waals surface area contributed by atoms with E-state index < -0.39 is 0 Å². The van der Waals surface area contributed by atoms with Crippen molar-refractivity contribution in [2.24, 2.45) is 0 Å². The number of methoxy groups -OCH3 is 1. The van der Waals surface area contributed by atoms with Gasteiger partial charge in [0.15, 0.2) is 0 Å². The number of nitrogens with one attached hydrogen (secondary N) is 1. The third-order valence-electron chi connectivity index (χ3n) is 4.69. The lowest BCUT2D eigenvalue weighted by atomic mass is 10.0. The van der Waals surface area contributed by atoms with Crippen LogP contribution in [0.5, 0.6) is 5.75 Å². The van der Waals surface area contributed by atoms with E-state index >= 15 is 0 Å². The molecule has 0 unspecified atom stereocenters. The first-order chi connectivity index (χ1) is 12.8. The Morgan fingerprint density at radius 3 is 2.77 bits per heavy atom. The maximum atomic E-state index is 5.53. The zero-order valence-electron chi connectivity index (χ0n) is 14.7.